The number of sulfonamides is 1. The van der Waals surface area contributed by atoms with Crippen LogP contribution in [0.15, 0.2) is 48.6 Å². The Bertz CT molecular complexity index is 1540. The van der Waals surface area contributed by atoms with Crippen LogP contribution in [0.2, 0.25) is 5.02 Å². The number of fused-ring (bicyclic) bond motifs is 4. The van der Waals surface area contributed by atoms with Crippen LogP contribution in [0.25, 0.3) is 0 Å². The zero-order chi connectivity index (χ0) is 29.9. The molecule has 2 aliphatic heterocycles. The third-order valence-corrected chi connectivity index (χ3v) is 12.4. The SMILES string of the molecule is C[C@H]1CC/C=C/[C@@](C)(O)[C@@H]2CCC2(C)CN2C[C@@]3(CCCc4cc(Cl)ccc43)COc3ccc(cc32)C(=O)NS1(=O)=O. The number of benzene rings is 2. The first-order valence-electron chi connectivity index (χ1n) is 15.1. The fraction of sp³-hybridized carbons (Fsp3) is 0.545. The molecule has 9 heteroatoms. The van der Waals surface area contributed by atoms with Gasteiger partial charge in [0, 0.05) is 29.1 Å². The minimum atomic E-state index is -3.89. The van der Waals surface area contributed by atoms with E-state index < -0.39 is 26.8 Å². The Labute approximate surface area is 254 Å². The Morgan fingerprint density at radius 3 is 2.67 bits per heavy atom. The lowest BCUT2D eigenvalue weighted by molar-refractivity contribution is -0.0831. The summed E-state index contributed by atoms with van der Waals surface area (Å²) in [4.78, 5) is 15.6. The maximum absolute atomic E-state index is 13.3. The van der Waals surface area contributed by atoms with Crippen LogP contribution >= 0.6 is 11.6 Å². The normalized spacial score (nSPS) is 35.1. The number of hydrogen-bond acceptors (Lipinski definition) is 6. The standard InChI is InChI=1S/C33H41ClN2O5S/c1-22-7-4-5-14-32(3,38)29-13-16-31(29,2)19-36-20-33(15-6-8-23-17-25(34)10-11-26(23)33)21-41-28-12-9-24(18-27(28)36)30(37)35-42(22,39)40/h5,9-12,14,17-18,22,29,38H,4,6-8,13,15-16,19-21H2,1-3H3,(H,35,37)/b14-5+/t22-,29+,31?,32+,33-/m0/s1. The van der Waals surface area contributed by atoms with Gasteiger partial charge in [-0.05, 0) is 112 Å². The number of halogens is 1. The van der Waals surface area contributed by atoms with E-state index in [0.717, 1.165) is 42.8 Å². The largest absolute Gasteiger partial charge is 0.490 e. The number of ether oxygens (including phenoxy) is 1. The number of aliphatic hydroxyl groups is 1. The van der Waals surface area contributed by atoms with Crippen LogP contribution < -0.4 is 14.4 Å². The number of carbonyl (C=O) groups is 1. The van der Waals surface area contributed by atoms with Gasteiger partial charge in [-0.3, -0.25) is 4.79 Å². The second kappa shape index (κ2) is 10.6. The van der Waals surface area contributed by atoms with Crippen LogP contribution in [0.4, 0.5) is 5.69 Å². The van der Waals surface area contributed by atoms with Gasteiger partial charge in [-0.15, -0.1) is 0 Å². The van der Waals surface area contributed by atoms with Gasteiger partial charge < -0.3 is 14.7 Å². The first kappa shape index (κ1) is 29.5. The molecular formula is C33H41ClN2O5S. The Kier molecular flexibility index (Phi) is 7.42. The van der Waals surface area contributed by atoms with Crippen molar-refractivity contribution in [2.75, 3.05) is 24.6 Å². The molecule has 0 saturated heterocycles. The van der Waals surface area contributed by atoms with Crippen LogP contribution in [0.1, 0.15) is 80.8 Å². The van der Waals surface area contributed by atoms with Gasteiger partial charge in [-0.2, -0.15) is 0 Å². The van der Waals surface area contributed by atoms with E-state index in [1.807, 2.05) is 25.1 Å². The summed E-state index contributed by atoms with van der Waals surface area (Å²) in [7, 11) is -3.89. The molecule has 4 aliphatic rings. The first-order chi connectivity index (χ1) is 19.8. The van der Waals surface area contributed by atoms with Crippen LogP contribution in [0.3, 0.4) is 0 Å². The molecule has 1 spiro atoms. The molecular weight excluding hydrogens is 572 g/mol. The van der Waals surface area contributed by atoms with E-state index >= 15 is 0 Å². The average Bonchev–Trinajstić information content (AvgIpc) is 3.06. The number of hydrogen-bond donors (Lipinski definition) is 2. The molecule has 6 rings (SSSR count). The molecule has 5 atom stereocenters. The molecule has 2 heterocycles. The van der Waals surface area contributed by atoms with Crippen molar-refractivity contribution in [1.82, 2.24) is 4.72 Å². The van der Waals surface area contributed by atoms with E-state index in [1.165, 1.54) is 11.1 Å². The first-order valence-corrected chi connectivity index (χ1v) is 17.0. The summed E-state index contributed by atoms with van der Waals surface area (Å²) in [6, 6.07) is 11.4. The van der Waals surface area contributed by atoms with E-state index in [2.05, 4.69) is 28.7 Å². The van der Waals surface area contributed by atoms with Crippen molar-refractivity contribution in [1.29, 1.82) is 0 Å². The number of anilines is 1. The Balaban J connectivity index is 1.46. The molecule has 0 aromatic heterocycles. The van der Waals surface area contributed by atoms with E-state index in [4.69, 9.17) is 16.3 Å². The van der Waals surface area contributed by atoms with Gasteiger partial charge >= 0.3 is 0 Å². The lowest BCUT2D eigenvalue weighted by Crippen LogP contribution is -2.57. The smallest absolute Gasteiger partial charge is 0.264 e. The van der Waals surface area contributed by atoms with Gasteiger partial charge in [-0.25, -0.2) is 13.1 Å². The molecule has 1 fully saturated rings. The molecule has 0 radical (unpaired) electrons. The van der Waals surface area contributed by atoms with E-state index in [0.29, 0.717) is 38.3 Å². The van der Waals surface area contributed by atoms with E-state index in [-0.39, 0.29) is 22.3 Å². The number of nitrogens with zero attached hydrogens (tertiary/aromatic N) is 1. The van der Waals surface area contributed by atoms with Gasteiger partial charge in [0.2, 0.25) is 10.0 Å². The maximum Gasteiger partial charge on any atom is 0.264 e. The fourth-order valence-electron chi connectivity index (χ4n) is 7.85. The molecule has 1 amide bonds. The number of amides is 1. The molecule has 226 valence electrons. The zero-order valence-corrected chi connectivity index (χ0v) is 26.2. The Morgan fingerprint density at radius 2 is 1.90 bits per heavy atom. The van der Waals surface area contributed by atoms with Gasteiger partial charge in [0.25, 0.3) is 5.91 Å². The molecule has 1 unspecified atom stereocenters. The molecule has 2 bridgehead atoms. The van der Waals surface area contributed by atoms with Crippen LogP contribution in [0, 0.1) is 11.3 Å². The van der Waals surface area contributed by atoms with Crippen LogP contribution in [-0.4, -0.2) is 50.0 Å². The lowest BCUT2D eigenvalue weighted by Gasteiger charge is -2.55. The van der Waals surface area contributed by atoms with E-state index in [9.17, 15) is 18.3 Å². The summed E-state index contributed by atoms with van der Waals surface area (Å²) in [5.74, 6) is 0.0651. The molecule has 2 aromatic rings. The van der Waals surface area contributed by atoms with Crippen molar-refractivity contribution in [3.8, 4) is 5.75 Å². The Morgan fingerprint density at radius 1 is 1.10 bits per heavy atom. The number of allylic oxidation sites excluding steroid dienone is 1. The van der Waals surface area contributed by atoms with Crippen molar-refractivity contribution in [2.24, 2.45) is 11.3 Å². The fourth-order valence-corrected chi connectivity index (χ4v) is 9.07. The van der Waals surface area contributed by atoms with Crippen LogP contribution in [0.5, 0.6) is 5.75 Å². The van der Waals surface area contributed by atoms with Crippen LogP contribution in [-0.2, 0) is 21.9 Å². The number of rotatable bonds is 0. The minimum Gasteiger partial charge on any atom is -0.490 e. The topological polar surface area (TPSA) is 95.9 Å². The number of nitrogens with one attached hydrogen (secondary N) is 1. The van der Waals surface area contributed by atoms with Crippen molar-refractivity contribution in [2.45, 2.75) is 82.0 Å². The van der Waals surface area contributed by atoms with Crippen molar-refractivity contribution >= 4 is 33.2 Å². The quantitative estimate of drug-likeness (QED) is 0.366. The number of aryl methyl sites for hydroxylation is 1. The third-order valence-electron chi connectivity index (χ3n) is 10.4. The maximum atomic E-state index is 13.3. The summed E-state index contributed by atoms with van der Waals surface area (Å²) in [5, 5.41) is 11.6. The second-order valence-electron chi connectivity index (χ2n) is 13.5. The van der Waals surface area contributed by atoms with Crippen molar-refractivity contribution < 1.29 is 23.1 Å². The zero-order valence-electron chi connectivity index (χ0n) is 24.7. The van der Waals surface area contributed by atoms with Gasteiger partial charge in [0.15, 0.2) is 0 Å². The second-order valence-corrected chi connectivity index (χ2v) is 16.0. The summed E-state index contributed by atoms with van der Waals surface area (Å²) < 4.78 is 34.9. The minimum absolute atomic E-state index is 0.0304. The Hall–Kier alpha value is -2.55. The van der Waals surface area contributed by atoms with E-state index in [1.54, 1.807) is 25.1 Å². The monoisotopic (exact) mass is 612 g/mol. The highest BCUT2D eigenvalue weighted by atomic mass is 35.5. The molecule has 2 N–H and O–H groups in total. The highest BCUT2D eigenvalue weighted by Crippen LogP contribution is 2.54. The highest BCUT2D eigenvalue weighted by Gasteiger charge is 2.52. The molecule has 2 aliphatic carbocycles. The van der Waals surface area contributed by atoms with Gasteiger partial charge in [0.1, 0.15) is 5.75 Å². The van der Waals surface area contributed by atoms with Crippen molar-refractivity contribution in [3.63, 3.8) is 0 Å². The molecule has 7 nitrogen and oxygen atoms in total. The average molecular weight is 613 g/mol. The molecule has 2 aromatic carbocycles. The van der Waals surface area contributed by atoms with Crippen molar-refractivity contribution in [3.05, 3.63) is 70.3 Å². The summed E-state index contributed by atoms with van der Waals surface area (Å²) in [5.41, 5.74) is 2.06. The third kappa shape index (κ3) is 5.24. The van der Waals surface area contributed by atoms with Gasteiger partial charge in [-0.1, -0.05) is 36.7 Å². The predicted molar refractivity (Wildman–Crippen MR) is 166 cm³/mol. The summed E-state index contributed by atoms with van der Waals surface area (Å²) in [6.45, 7) is 7.57. The predicted octanol–water partition coefficient (Wildman–Crippen LogP) is 5.78. The summed E-state index contributed by atoms with van der Waals surface area (Å²) >= 11 is 6.40. The highest BCUT2D eigenvalue weighted by molar-refractivity contribution is 7.90. The van der Waals surface area contributed by atoms with Gasteiger partial charge in [0.05, 0.1) is 23.1 Å². The summed E-state index contributed by atoms with van der Waals surface area (Å²) in [6.07, 6.45) is 9.39. The molecule has 1 saturated carbocycles. The number of carbonyl (C=O) groups excluding carboxylic acids is 1. The lowest BCUT2D eigenvalue weighted by atomic mass is 9.55. The molecule has 42 heavy (non-hydrogen) atoms.